The Balaban J connectivity index is -0.000000318. The second-order valence-electron chi connectivity index (χ2n) is 2.51. The topological polar surface area (TPSA) is 75.3 Å². The summed E-state index contributed by atoms with van der Waals surface area (Å²) in [5.41, 5.74) is 5.49. The minimum atomic E-state index is -1.07. The molecule has 0 saturated heterocycles. The molecule has 0 spiro atoms. The fourth-order valence-corrected chi connectivity index (χ4v) is 0.834. The standard InChI is InChI=1S/C7H16N2O2.2C2H6/c1-3-4-5(8)6(10)7(11)9-2;2*1-2/h5-6,10H,3-4,8H2,1-2H3,(H,9,11);2*1-2H3. The van der Waals surface area contributed by atoms with E-state index in [-0.39, 0.29) is 0 Å². The second-order valence-corrected chi connectivity index (χ2v) is 2.51. The van der Waals surface area contributed by atoms with Gasteiger partial charge in [-0.1, -0.05) is 41.0 Å². The molecule has 4 nitrogen and oxygen atoms in total. The van der Waals surface area contributed by atoms with Crippen molar-refractivity contribution in [3.8, 4) is 0 Å². The number of hydrogen-bond acceptors (Lipinski definition) is 3. The first-order valence-corrected chi connectivity index (χ1v) is 5.78. The second kappa shape index (κ2) is 15.8. The summed E-state index contributed by atoms with van der Waals surface area (Å²) in [7, 11) is 1.48. The van der Waals surface area contributed by atoms with Crippen LogP contribution in [0.1, 0.15) is 47.5 Å². The summed E-state index contributed by atoms with van der Waals surface area (Å²) < 4.78 is 0. The monoisotopic (exact) mass is 220 g/mol. The van der Waals surface area contributed by atoms with E-state index in [1.54, 1.807) is 0 Å². The van der Waals surface area contributed by atoms with Crippen molar-refractivity contribution in [3.05, 3.63) is 0 Å². The number of amides is 1. The molecule has 0 rings (SSSR count). The van der Waals surface area contributed by atoms with Crippen molar-refractivity contribution >= 4 is 5.91 Å². The maximum absolute atomic E-state index is 10.8. The Kier molecular flexibility index (Phi) is 21.0. The van der Waals surface area contributed by atoms with Crippen LogP contribution in [0.4, 0.5) is 0 Å². The summed E-state index contributed by atoms with van der Waals surface area (Å²) in [6.07, 6.45) is 0.462. The average molecular weight is 220 g/mol. The van der Waals surface area contributed by atoms with Crippen LogP contribution in [0.3, 0.4) is 0 Å². The Morgan fingerprint density at radius 3 is 2.00 bits per heavy atom. The van der Waals surface area contributed by atoms with E-state index in [2.05, 4.69) is 5.32 Å². The van der Waals surface area contributed by atoms with Gasteiger partial charge in [-0.15, -0.1) is 0 Å². The molecule has 4 heteroatoms. The quantitative estimate of drug-likeness (QED) is 0.668. The molecule has 94 valence electrons. The summed E-state index contributed by atoms with van der Waals surface area (Å²) in [4.78, 5) is 10.8. The van der Waals surface area contributed by atoms with Crippen molar-refractivity contribution < 1.29 is 9.90 Å². The molecule has 0 radical (unpaired) electrons. The fraction of sp³-hybridized carbons (Fsp3) is 0.909. The van der Waals surface area contributed by atoms with Crippen LogP contribution in [0.2, 0.25) is 0 Å². The molecule has 0 bridgehead atoms. The molecule has 0 heterocycles. The minimum absolute atomic E-state index is 0.411. The molecule has 1 amide bonds. The first-order chi connectivity index (χ1) is 7.13. The highest BCUT2D eigenvalue weighted by Crippen LogP contribution is 1.98. The number of likely N-dealkylation sites (N-methyl/N-ethyl adjacent to an activating group) is 1. The van der Waals surface area contributed by atoms with E-state index in [1.807, 2.05) is 34.6 Å². The normalized spacial score (nSPS) is 12.3. The van der Waals surface area contributed by atoms with Crippen molar-refractivity contribution in [2.75, 3.05) is 7.05 Å². The van der Waals surface area contributed by atoms with Gasteiger partial charge in [0, 0.05) is 13.1 Å². The van der Waals surface area contributed by atoms with Gasteiger partial charge in [-0.2, -0.15) is 0 Å². The van der Waals surface area contributed by atoms with Gasteiger partial charge in [-0.3, -0.25) is 4.79 Å². The number of hydrogen-bond donors (Lipinski definition) is 3. The van der Waals surface area contributed by atoms with Gasteiger partial charge >= 0.3 is 0 Å². The molecule has 2 unspecified atom stereocenters. The lowest BCUT2D eigenvalue weighted by molar-refractivity contribution is -0.129. The number of aliphatic hydroxyl groups excluding tert-OH is 1. The minimum Gasteiger partial charge on any atom is -0.382 e. The van der Waals surface area contributed by atoms with Gasteiger partial charge in [-0.25, -0.2) is 0 Å². The molecule has 0 fully saturated rings. The molecule has 0 aromatic heterocycles. The third kappa shape index (κ3) is 11.3. The van der Waals surface area contributed by atoms with Gasteiger partial charge in [0.15, 0.2) is 0 Å². The van der Waals surface area contributed by atoms with E-state index in [1.165, 1.54) is 7.05 Å². The summed E-state index contributed by atoms with van der Waals surface area (Å²) in [5.74, 6) is -0.411. The molecule has 2 atom stereocenters. The van der Waals surface area contributed by atoms with Crippen LogP contribution in [0, 0.1) is 0 Å². The Morgan fingerprint density at radius 1 is 1.33 bits per heavy atom. The molecule has 0 aliphatic carbocycles. The van der Waals surface area contributed by atoms with E-state index in [0.717, 1.165) is 6.42 Å². The number of carbonyl (C=O) groups is 1. The van der Waals surface area contributed by atoms with Crippen LogP contribution in [0.5, 0.6) is 0 Å². The smallest absolute Gasteiger partial charge is 0.250 e. The van der Waals surface area contributed by atoms with Crippen molar-refractivity contribution in [1.82, 2.24) is 5.32 Å². The number of aliphatic hydroxyl groups is 1. The van der Waals surface area contributed by atoms with E-state index >= 15 is 0 Å². The maximum atomic E-state index is 10.8. The van der Waals surface area contributed by atoms with Crippen molar-refractivity contribution in [2.24, 2.45) is 5.73 Å². The molecular weight excluding hydrogens is 192 g/mol. The molecule has 0 aromatic rings. The highest BCUT2D eigenvalue weighted by molar-refractivity contribution is 5.80. The van der Waals surface area contributed by atoms with E-state index in [4.69, 9.17) is 5.73 Å². The van der Waals surface area contributed by atoms with Gasteiger partial charge in [0.1, 0.15) is 6.10 Å². The van der Waals surface area contributed by atoms with Gasteiger partial charge in [0.25, 0.3) is 0 Å². The average Bonchev–Trinajstić information content (AvgIpc) is 2.32. The number of carbonyl (C=O) groups excluding carboxylic acids is 1. The van der Waals surface area contributed by atoms with Gasteiger partial charge in [0.05, 0.1) is 0 Å². The summed E-state index contributed by atoms with van der Waals surface area (Å²) in [5, 5.41) is 11.5. The third-order valence-electron chi connectivity index (χ3n) is 1.54. The fourth-order valence-electron chi connectivity index (χ4n) is 0.834. The molecule has 4 N–H and O–H groups in total. The molecular formula is C11H28N2O2. The predicted octanol–water partition coefficient (Wildman–Crippen LogP) is 1.27. The molecule has 0 aliphatic heterocycles. The van der Waals surface area contributed by atoms with E-state index < -0.39 is 18.1 Å². The summed E-state index contributed by atoms with van der Waals surface area (Å²) >= 11 is 0. The Bertz CT molecular complexity index is 130. The zero-order valence-corrected chi connectivity index (χ0v) is 11.0. The van der Waals surface area contributed by atoms with Crippen LogP contribution >= 0.6 is 0 Å². The van der Waals surface area contributed by atoms with Crippen LogP contribution in [-0.2, 0) is 4.79 Å². The van der Waals surface area contributed by atoms with Gasteiger partial charge in [-0.05, 0) is 6.42 Å². The molecule has 0 saturated carbocycles. The van der Waals surface area contributed by atoms with E-state index in [0.29, 0.717) is 6.42 Å². The number of nitrogens with two attached hydrogens (primary N) is 1. The molecule has 0 aromatic carbocycles. The molecule has 0 aliphatic rings. The van der Waals surface area contributed by atoms with Crippen LogP contribution in [0.25, 0.3) is 0 Å². The first-order valence-electron chi connectivity index (χ1n) is 5.78. The first kappa shape index (κ1) is 19.9. The number of rotatable bonds is 4. The highest BCUT2D eigenvalue weighted by Gasteiger charge is 2.20. The maximum Gasteiger partial charge on any atom is 0.250 e. The Morgan fingerprint density at radius 2 is 1.73 bits per heavy atom. The van der Waals surface area contributed by atoms with Crippen LogP contribution in [0.15, 0.2) is 0 Å². The SMILES string of the molecule is CC.CC.CCCC(N)C(O)C(=O)NC. The number of nitrogens with one attached hydrogen (secondary N) is 1. The third-order valence-corrected chi connectivity index (χ3v) is 1.54. The van der Waals surface area contributed by atoms with Crippen molar-refractivity contribution in [1.29, 1.82) is 0 Å². The zero-order valence-electron chi connectivity index (χ0n) is 11.0. The lowest BCUT2D eigenvalue weighted by Crippen LogP contribution is -2.45. The molecule has 15 heavy (non-hydrogen) atoms. The van der Waals surface area contributed by atoms with Crippen molar-refractivity contribution in [3.63, 3.8) is 0 Å². The van der Waals surface area contributed by atoms with Crippen molar-refractivity contribution in [2.45, 2.75) is 59.6 Å². The summed E-state index contributed by atoms with van der Waals surface area (Å²) in [6, 6.07) is -0.444. The predicted molar refractivity (Wildman–Crippen MR) is 65.7 cm³/mol. The summed E-state index contributed by atoms with van der Waals surface area (Å²) in [6.45, 7) is 9.95. The highest BCUT2D eigenvalue weighted by atomic mass is 16.3. The van der Waals surface area contributed by atoms with Gasteiger partial charge in [0.2, 0.25) is 5.91 Å². The van der Waals surface area contributed by atoms with Crippen LogP contribution in [-0.4, -0.2) is 30.2 Å². The lowest BCUT2D eigenvalue weighted by atomic mass is 10.1. The van der Waals surface area contributed by atoms with E-state index in [9.17, 15) is 9.90 Å². The Hall–Kier alpha value is -0.610. The van der Waals surface area contributed by atoms with Gasteiger partial charge < -0.3 is 16.2 Å². The Labute approximate surface area is 94.2 Å². The lowest BCUT2D eigenvalue weighted by Gasteiger charge is -2.15. The largest absolute Gasteiger partial charge is 0.382 e. The zero-order chi connectivity index (χ0) is 12.9. The van der Waals surface area contributed by atoms with Crippen LogP contribution < -0.4 is 11.1 Å².